The Bertz CT molecular complexity index is 1440. The largest absolute Gasteiger partial charge is 0.309 e. The zero-order valence-corrected chi connectivity index (χ0v) is 17.3. The maximum absolute atomic E-state index is 2.40. The van der Waals surface area contributed by atoms with E-state index >= 15 is 0 Å². The van der Waals surface area contributed by atoms with Crippen molar-refractivity contribution in [3.05, 3.63) is 88.5 Å². The molecule has 4 aromatic carbocycles. The number of thiophene rings is 1. The molecule has 3 heteroatoms. The van der Waals surface area contributed by atoms with Crippen LogP contribution in [0.1, 0.15) is 0 Å². The van der Waals surface area contributed by atoms with Crippen LogP contribution in [0, 0.1) is 3.57 Å². The van der Waals surface area contributed by atoms with Gasteiger partial charge in [-0.1, -0.05) is 36.4 Å². The monoisotopic (exact) mass is 475 g/mol. The highest BCUT2D eigenvalue weighted by molar-refractivity contribution is 14.1. The van der Waals surface area contributed by atoms with Crippen LogP contribution in [0.25, 0.3) is 47.7 Å². The summed E-state index contributed by atoms with van der Waals surface area (Å²) in [7, 11) is 0. The van der Waals surface area contributed by atoms with Crippen molar-refractivity contribution in [2.24, 2.45) is 0 Å². The first-order chi connectivity index (χ1) is 13.3. The SMILES string of the molecule is Ic1ccc2sc3ccc(-n4c5ccccc5c5ccccc54)cc3c2c1. The summed E-state index contributed by atoms with van der Waals surface area (Å²) in [4.78, 5) is 0. The molecule has 0 N–H and O–H groups in total. The third-order valence-corrected chi connectivity index (χ3v) is 7.08. The summed E-state index contributed by atoms with van der Waals surface area (Å²) in [5.74, 6) is 0. The Balaban J connectivity index is 1.74. The molecule has 0 radical (unpaired) electrons. The van der Waals surface area contributed by atoms with Crippen LogP contribution in [0.2, 0.25) is 0 Å². The van der Waals surface area contributed by atoms with Gasteiger partial charge in [0.2, 0.25) is 0 Å². The summed E-state index contributed by atoms with van der Waals surface area (Å²) in [6, 6.07) is 31.0. The Labute approximate surface area is 174 Å². The number of fused-ring (bicyclic) bond motifs is 6. The van der Waals surface area contributed by atoms with Crippen LogP contribution in [0.4, 0.5) is 0 Å². The molecule has 0 saturated carbocycles. The molecule has 128 valence electrons. The molecule has 27 heavy (non-hydrogen) atoms. The van der Waals surface area contributed by atoms with Gasteiger partial charge in [0.25, 0.3) is 0 Å². The number of para-hydroxylation sites is 2. The molecular weight excluding hydrogens is 461 g/mol. The molecule has 0 atom stereocenters. The number of hydrogen-bond acceptors (Lipinski definition) is 1. The van der Waals surface area contributed by atoms with Crippen LogP contribution < -0.4 is 0 Å². The van der Waals surface area contributed by atoms with Crippen LogP contribution in [0.5, 0.6) is 0 Å². The Kier molecular flexibility index (Phi) is 3.37. The van der Waals surface area contributed by atoms with Crippen molar-refractivity contribution in [1.82, 2.24) is 4.57 Å². The summed E-state index contributed by atoms with van der Waals surface area (Å²) in [6.45, 7) is 0. The molecule has 0 aliphatic carbocycles. The topological polar surface area (TPSA) is 4.93 Å². The second kappa shape index (κ2) is 5.81. The Morgan fingerprint density at radius 3 is 1.89 bits per heavy atom. The highest BCUT2D eigenvalue weighted by atomic mass is 127. The van der Waals surface area contributed by atoms with Crippen molar-refractivity contribution in [1.29, 1.82) is 0 Å². The second-order valence-corrected chi connectivity index (χ2v) is 9.12. The van der Waals surface area contributed by atoms with E-state index in [1.807, 2.05) is 11.3 Å². The molecule has 0 spiro atoms. The van der Waals surface area contributed by atoms with Crippen LogP contribution >= 0.6 is 33.9 Å². The van der Waals surface area contributed by atoms with Crippen LogP contribution in [0.3, 0.4) is 0 Å². The van der Waals surface area contributed by atoms with Crippen molar-refractivity contribution in [2.75, 3.05) is 0 Å². The highest BCUT2D eigenvalue weighted by Crippen LogP contribution is 2.38. The van der Waals surface area contributed by atoms with Gasteiger partial charge in [0.15, 0.2) is 0 Å². The maximum Gasteiger partial charge on any atom is 0.0541 e. The van der Waals surface area contributed by atoms with Gasteiger partial charge in [0.1, 0.15) is 0 Å². The molecule has 0 amide bonds. The van der Waals surface area contributed by atoms with Gasteiger partial charge in [0.05, 0.1) is 11.0 Å². The van der Waals surface area contributed by atoms with Gasteiger partial charge in [-0.05, 0) is 71.1 Å². The van der Waals surface area contributed by atoms with E-state index in [2.05, 4.69) is 112 Å². The number of nitrogens with zero attached hydrogens (tertiary/aromatic N) is 1. The fraction of sp³-hybridized carbons (Fsp3) is 0. The lowest BCUT2D eigenvalue weighted by atomic mass is 10.1. The molecule has 0 unspecified atom stereocenters. The van der Waals surface area contributed by atoms with Crippen LogP contribution in [-0.4, -0.2) is 4.57 Å². The molecule has 0 saturated heterocycles. The van der Waals surface area contributed by atoms with Gasteiger partial charge in [0, 0.05) is 40.2 Å². The predicted molar refractivity (Wildman–Crippen MR) is 126 cm³/mol. The molecule has 6 rings (SSSR count). The Morgan fingerprint density at radius 2 is 1.19 bits per heavy atom. The highest BCUT2D eigenvalue weighted by Gasteiger charge is 2.13. The first kappa shape index (κ1) is 15.7. The number of rotatable bonds is 1. The minimum Gasteiger partial charge on any atom is -0.309 e. The fourth-order valence-electron chi connectivity index (χ4n) is 4.08. The molecule has 0 aliphatic heterocycles. The van der Waals surface area contributed by atoms with Crippen LogP contribution in [-0.2, 0) is 0 Å². The number of aromatic nitrogens is 1. The minimum atomic E-state index is 1.22. The van der Waals surface area contributed by atoms with E-state index in [4.69, 9.17) is 0 Å². The van der Waals surface area contributed by atoms with Crippen molar-refractivity contribution < 1.29 is 0 Å². The lowest BCUT2D eigenvalue weighted by Crippen LogP contribution is -1.93. The number of benzene rings is 4. The minimum absolute atomic E-state index is 1.22. The smallest absolute Gasteiger partial charge is 0.0541 e. The molecular formula is C24H14INS. The van der Waals surface area contributed by atoms with Gasteiger partial charge >= 0.3 is 0 Å². The second-order valence-electron chi connectivity index (χ2n) is 6.79. The number of hydrogen-bond donors (Lipinski definition) is 0. The average Bonchev–Trinajstić information content (AvgIpc) is 3.23. The zero-order chi connectivity index (χ0) is 18.0. The van der Waals surface area contributed by atoms with Crippen molar-refractivity contribution in [3.8, 4) is 5.69 Å². The molecule has 0 bridgehead atoms. The Hall–Kier alpha value is -2.37. The van der Waals surface area contributed by atoms with E-state index in [0.29, 0.717) is 0 Å². The van der Waals surface area contributed by atoms with E-state index in [1.54, 1.807) is 0 Å². The lowest BCUT2D eigenvalue weighted by molar-refractivity contribution is 1.19. The summed E-state index contributed by atoms with van der Waals surface area (Å²) in [6.07, 6.45) is 0. The molecule has 2 heterocycles. The molecule has 1 nitrogen and oxygen atoms in total. The maximum atomic E-state index is 2.40. The fourth-order valence-corrected chi connectivity index (χ4v) is 5.64. The summed E-state index contributed by atoms with van der Waals surface area (Å²) in [5, 5.41) is 5.30. The molecule has 0 fully saturated rings. The van der Waals surface area contributed by atoms with E-state index in [9.17, 15) is 0 Å². The average molecular weight is 475 g/mol. The predicted octanol–water partition coefficient (Wildman–Crippen LogP) is 7.76. The molecule has 0 aliphatic rings. The van der Waals surface area contributed by atoms with Gasteiger partial charge in [-0.2, -0.15) is 0 Å². The summed E-state index contributed by atoms with van der Waals surface area (Å²) >= 11 is 4.27. The third kappa shape index (κ3) is 2.28. The molecule has 6 aromatic rings. The van der Waals surface area contributed by atoms with E-state index in [-0.39, 0.29) is 0 Å². The normalized spacial score (nSPS) is 11.9. The van der Waals surface area contributed by atoms with Crippen LogP contribution in [0.15, 0.2) is 84.9 Å². The van der Waals surface area contributed by atoms with E-state index in [1.165, 1.54) is 51.2 Å². The summed E-state index contributed by atoms with van der Waals surface area (Å²) in [5.41, 5.74) is 3.73. The van der Waals surface area contributed by atoms with Gasteiger partial charge in [-0.25, -0.2) is 0 Å². The van der Waals surface area contributed by atoms with Crippen molar-refractivity contribution in [2.45, 2.75) is 0 Å². The quantitative estimate of drug-likeness (QED) is 0.214. The third-order valence-electron chi connectivity index (χ3n) is 5.25. The van der Waals surface area contributed by atoms with Gasteiger partial charge in [-0.15, -0.1) is 11.3 Å². The van der Waals surface area contributed by atoms with Crippen molar-refractivity contribution >= 4 is 75.9 Å². The first-order valence-corrected chi connectivity index (χ1v) is 10.8. The standard InChI is InChI=1S/C24H14INS/c25-15-9-11-23-19(13-15)20-14-16(10-12-24(20)27-23)26-21-7-3-1-5-17(21)18-6-2-4-8-22(18)26/h1-14H. The first-order valence-electron chi connectivity index (χ1n) is 8.90. The summed E-state index contributed by atoms with van der Waals surface area (Å²) < 4.78 is 6.37. The molecule has 2 aromatic heterocycles. The van der Waals surface area contributed by atoms with Gasteiger partial charge < -0.3 is 4.57 Å². The van der Waals surface area contributed by atoms with Crippen molar-refractivity contribution in [3.63, 3.8) is 0 Å². The van der Waals surface area contributed by atoms with Gasteiger partial charge in [-0.3, -0.25) is 0 Å². The number of halogens is 1. The van der Waals surface area contributed by atoms with E-state index in [0.717, 1.165) is 0 Å². The van der Waals surface area contributed by atoms with E-state index < -0.39 is 0 Å². The Morgan fingerprint density at radius 1 is 0.593 bits per heavy atom. The zero-order valence-electron chi connectivity index (χ0n) is 14.3. The lowest BCUT2D eigenvalue weighted by Gasteiger charge is -2.08.